The van der Waals surface area contributed by atoms with E-state index < -0.39 is 4.92 Å². The number of hydrogen-bond acceptors (Lipinski definition) is 5. The molecule has 0 saturated carbocycles. The van der Waals surface area contributed by atoms with E-state index in [9.17, 15) is 20.0 Å². The van der Waals surface area contributed by atoms with Gasteiger partial charge in [-0.1, -0.05) is 36.4 Å². The van der Waals surface area contributed by atoms with Crippen LogP contribution in [0.1, 0.15) is 11.3 Å². The third-order valence-corrected chi connectivity index (χ3v) is 5.43. The Hall–Kier alpha value is -4.91. The normalized spacial score (nSPS) is 14.5. The average molecular weight is 450 g/mol. The molecule has 0 unspecified atom stereocenters. The summed E-state index contributed by atoms with van der Waals surface area (Å²) in [5, 5.41) is 20.8. The first-order valence-electron chi connectivity index (χ1n) is 10.5. The summed E-state index contributed by atoms with van der Waals surface area (Å²) in [6, 6.07) is 25.6. The second-order valence-corrected chi connectivity index (χ2v) is 7.66. The van der Waals surface area contributed by atoms with Gasteiger partial charge in [-0.25, -0.2) is 0 Å². The highest BCUT2D eigenvalue weighted by molar-refractivity contribution is 6.23. The Balaban J connectivity index is 1.51. The van der Waals surface area contributed by atoms with Crippen molar-refractivity contribution in [3.8, 4) is 17.1 Å². The van der Waals surface area contributed by atoms with Crippen LogP contribution >= 0.6 is 0 Å². The maximum Gasteiger partial charge on any atom is 0.269 e. The zero-order valence-corrected chi connectivity index (χ0v) is 17.8. The Morgan fingerprint density at radius 3 is 2.35 bits per heavy atom. The van der Waals surface area contributed by atoms with Crippen molar-refractivity contribution in [2.45, 2.75) is 0 Å². The van der Waals surface area contributed by atoms with E-state index in [-0.39, 0.29) is 17.3 Å². The average Bonchev–Trinajstić information content (AvgIpc) is 3.45. The Bertz CT molecular complexity index is 1450. The number of phenols is 1. The van der Waals surface area contributed by atoms with Crippen LogP contribution in [0.25, 0.3) is 23.1 Å². The van der Waals surface area contributed by atoms with Crippen molar-refractivity contribution in [3.63, 3.8) is 0 Å². The molecule has 4 aromatic rings. The van der Waals surface area contributed by atoms with Crippen molar-refractivity contribution >= 4 is 29.1 Å². The number of furan rings is 1. The van der Waals surface area contributed by atoms with Gasteiger partial charge in [0.15, 0.2) is 0 Å². The van der Waals surface area contributed by atoms with Crippen molar-refractivity contribution in [2.75, 3.05) is 4.90 Å². The monoisotopic (exact) mass is 450 g/mol. The van der Waals surface area contributed by atoms with E-state index in [2.05, 4.69) is 0 Å². The maximum absolute atomic E-state index is 13.4. The molecule has 0 atom stereocenters. The van der Waals surface area contributed by atoms with Crippen LogP contribution in [0.5, 0.6) is 5.75 Å². The number of nitro benzene ring substituents is 1. The summed E-state index contributed by atoms with van der Waals surface area (Å²) in [6.45, 7) is 0. The van der Waals surface area contributed by atoms with Crippen molar-refractivity contribution in [2.24, 2.45) is 0 Å². The van der Waals surface area contributed by atoms with Crippen molar-refractivity contribution in [1.29, 1.82) is 0 Å². The molecule has 0 aliphatic carbocycles. The molecule has 1 aliphatic heterocycles. The lowest BCUT2D eigenvalue weighted by molar-refractivity contribution is -0.384. The minimum Gasteiger partial charge on any atom is -0.508 e. The van der Waals surface area contributed by atoms with Gasteiger partial charge in [-0.05, 0) is 54.1 Å². The molecule has 0 radical (unpaired) electrons. The summed E-state index contributed by atoms with van der Waals surface area (Å²) < 4.78 is 5.90. The number of anilines is 1. The fourth-order valence-corrected chi connectivity index (χ4v) is 3.81. The number of rotatable bonds is 5. The summed E-state index contributed by atoms with van der Waals surface area (Å²) in [6.07, 6.45) is 3.44. The topological polar surface area (TPSA) is 96.8 Å². The second-order valence-electron chi connectivity index (χ2n) is 7.66. The van der Waals surface area contributed by atoms with Crippen LogP contribution in [0.2, 0.25) is 0 Å². The van der Waals surface area contributed by atoms with Crippen LogP contribution in [-0.2, 0) is 4.79 Å². The molecular formula is C27H18N2O5. The highest BCUT2D eigenvalue weighted by Crippen LogP contribution is 2.36. The lowest BCUT2D eigenvalue weighted by atomic mass is 10.1. The first-order valence-corrected chi connectivity index (χ1v) is 10.5. The van der Waals surface area contributed by atoms with Gasteiger partial charge in [-0.3, -0.25) is 19.8 Å². The summed E-state index contributed by atoms with van der Waals surface area (Å²) >= 11 is 0. The Labute approximate surface area is 194 Å². The number of benzene rings is 3. The van der Waals surface area contributed by atoms with Gasteiger partial charge in [0, 0.05) is 29.3 Å². The predicted molar refractivity (Wildman–Crippen MR) is 129 cm³/mol. The number of carbonyl (C=O) groups excluding carboxylic acids is 1. The van der Waals surface area contributed by atoms with Crippen molar-refractivity contribution in [1.82, 2.24) is 0 Å². The highest BCUT2D eigenvalue weighted by Gasteiger charge is 2.30. The predicted octanol–water partition coefficient (Wildman–Crippen LogP) is 6.03. The Morgan fingerprint density at radius 2 is 1.65 bits per heavy atom. The molecule has 1 N–H and O–H groups in total. The SMILES string of the molecule is O=C1/C(=C/c2ccc(-c3ccc([N+](=O)[O-])cc3)o2)C=C(c2ccccc2)N1c1cccc(O)c1. The van der Waals surface area contributed by atoms with Gasteiger partial charge in [0.2, 0.25) is 0 Å². The van der Waals surface area contributed by atoms with E-state index in [1.165, 1.54) is 18.2 Å². The number of amides is 1. The highest BCUT2D eigenvalue weighted by atomic mass is 16.6. The number of nitro groups is 1. The zero-order chi connectivity index (χ0) is 23.7. The third kappa shape index (κ3) is 3.98. The van der Waals surface area contributed by atoms with Gasteiger partial charge < -0.3 is 9.52 Å². The van der Waals surface area contributed by atoms with Crippen LogP contribution < -0.4 is 4.90 Å². The van der Waals surface area contributed by atoms with E-state index in [0.717, 1.165) is 5.56 Å². The number of non-ortho nitro benzene ring substituents is 1. The molecule has 166 valence electrons. The number of carbonyl (C=O) groups is 1. The smallest absolute Gasteiger partial charge is 0.269 e. The third-order valence-electron chi connectivity index (χ3n) is 5.43. The van der Waals surface area contributed by atoms with Crippen LogP contribution in [0.15, 0.2) is 107 Å². The standard InChI is InChI=1S/C27H18N2O5/c30-23-8-4-7-22(17-23)28-25(18-5-2-1-3-6-18)16-20(27(28)31)15-24-13-14-26(34-24)19-9-11-21(12-10-19)29(32)33/h1-17,30H/b20-15+. The molecule has 1 aromatic heterocycles. The molecule has 7 heteroatoms. The van der Waals surface area contributed by atoms with Crippen LogP contribution in [0.3, 0.4) is 0 Å². The summed E-state index contributed by atoms with van der Waals surface area (Å²) in [5.74, 6) is 0.814. The van der Waals surface area contributed by atoms with Gasteiger partial charge >= 0.3 is 0 Å². The van der Waals surface area contributed by atoms with E-state index >= 15 is 0 Å². The van der Waals surface area contributed by atoms with E-state index in [0.29, 0.717) is 34.0 Å². The molecule has 0 fully saturated rings. The molecule has 0 bridgehead atoms. The molecule has 5 rings (SSSR count). The van der Waals surface area contributed by atoms with E-state index in [1.807, 2.05) is 30.3 Å². The van der Waals surface area contributed by atoms with Gasteiger partial charge in [-0.2, -0.15) is 0 Å². The number of hydrogen-bond donors (Lipinski definition) is 1. The summed E-state index contributed by atoms with van der Waals surface area (Å²) in [7, 11) is 0. The molecule has 34 heavy (non-hydrogen) atoms. The summed E-state index contributed by atoms with van der Waals surface area (Å²) in [4.78, 5) is 25.4. The van der Waals surface area contributed by atoms with Gasteiger partial charge in [0.05, 0.1) is 16.3 Å². The lowest BCUT2D eigenvalue weighted by Gasteiger charge is -2.21. The fourth-order valence-electron chi connectivity index (χ4n) is 3.81. The molecule has 1 amide bonds. The first-order chi connectivity index (χ1) is 16.5. The van der Waals surface area contributed by atoms with Crippen molar-refractivity contribution < 1.29 is 19.2 Å². The van der Waals surface area contributed by atoms with Gasteiger partial charge in [-0.15, -0.1) is 0 Å². The maximum atomic E-state index is 13.4. The number of nitrogens with zero attached hydrogens (tertiary/aromatic N) is 2. The van der Waals surface area contributed by atoms with Crippen LogP contribution in [0, 0.1) is 10.1 Å². The molecular weight excluding hydrogens is 432 g/mol. The van der Waals surface area contributed by atoms with Crippen molar-refractivity contribution in [3.05, 3.63) is 124 Å². The van der Waals surface area contributed by atoms with E-state index in [1.54, 1.807) is 59.5 Å². The quantitative estimate of drug-likeness (QED) is 0.227. The van der Waals surface area contributed by atoms with Crippen LogP contribution in [0.4, 0.5) is 11.4 Å². The van der Waals surface area contributed by atoms with Gasteiger partial charge in [0.1, 0.15) is 17.3 Å². The molecule has 2 heterocycles. The molecule has 1 aliphatic rings. The Kier molecular flexibility index (Phi) is 5.27. The largest absolute Gasteiger partial charge is 0.508 e. The minimum atomic E-state index is -0.456. The number of aromatic hydroxyl groups is 1. The fraction of sp³-hybridized carbons (Fsp3) is 0. The molecule has 7 nitrogen and oxygen atoms in total. The zero-order valence-electron chi connectivity index (χ0n) is 17.8. The molecule has 0 saturated heterocycles. The second kappa shape index (κ2) is 8.55. The number of phenolic OH excluding ortho intramolecular Hbond substituents is 1. The lowest BCUT2D eigenvalue weighted by Crippen LogP contribution is -2.24. The van der Waals surface area contributed by atoms with E-state index in [4.69, 9.17) is 4.42 Å². The van der Waals surface area contributed by atoms with Gasteiger partial charge in [0.25, 0.3) is 11.6 Å². The molecule has 0 spiro atoms. The van der Waals surface area contributed by atoms with Crippen LogP contribution in [-0.4, -0.2) is 15.9 Å². The summed E-state index contributed by atoms with van der Waals surface area (Å²) in [5.41, 5.74) is 3.20. The Morgan fingerprint density at radius 1 is 0.882 bits per heavy atom. The molecule has 3 aromatic carbocycles. The minimum absolute atomic E-state index is 0.000168. The first kappa shape index (κ1) is 21.0.